The van der Waals surface area contributed by atoms with Crippen LogP contribution in [0.4, 0.5) is 0 Å². The summed E-state index contributed by atoms with van der Waals surface area (Å²) in [5.41, 5.74) is 2.63. The van der Waals surface area contributed by atoms with Gasteiger partial charge in [0, 0.05) is 34.5 Å². The van der Waals surface area contributed by atoms with Crippen molar-refractivity contribution in [3.63, 3.8) is 0 Å². The molecular weight excluding hydrogens is 400 g/mol. The van der Waals surface area contributed by atoms with Gasteiger partial charge in [-0.15, -0.1) is 11.3 Å². The number of thiophene rings is 1. The van der Waals surface area contributed by atoms with Gasteiger partial charge in [-0.05, 0) is 24.3 Å². The molecule has 2 aromatic carbocycles. The number of hydrogen-bond acceptors (Lipinski definition) is 5. The number of nitrogens with zero attached hydrogens (tertiary/aromatic N) is 2. The molecule has 0 bridgehead atoms. The molecule has 5 rings (SSSR count). The molecule has 1 aliphatic rings. The summed E-state index contributed by atoms with van der Waals surface area (Å²) in [5.74, 6) is 1.17. The van der Waals surface area contributed by atoms with Crippen molar-refractivity contribution in [2.24, 2.45) is 7.05 Å². The molecule has 1 atom stereocenters. The Kier molecular flexibility index (Phi) is 4.45. The van der Waals surface area contributed by atoms with Crippen LogP contribution in [0.5, 0.6) is 11.5 Å². The lowest BCUT2D eigenvalue weighted by atomic mass is 9.95. The van der Waals surface area contributed by atoms with E-state index >= 15 is 0 Å². The van der Waals surface area contributed by atoms with Crippen LogP contribution < -0.4 is 9.47 Å². The van der Waals surface area contributed by atoms with E-state index < -0.39 is 6.10 Å². The highest BCUT2D eigenvalue weighted by molar-refractivity contribution is 7.20. The van der Waals surface area contributed by atoms with E-state index in [0.29, 0.717) is 28.5 Å². The second-order valence-electron chi connectivity index (χ2n) is 7.47. The Bertz CT molecular complexity index is 1290. The molecule has 0 spiro atoms. The average Bonchev–Trinajstić information content (AvgIpc) is 3.32. The smallest absolute Gasteiger partial charge is 0.264 e. The number of hydrogen-bond donors (Lipinski definition) is 1. The Morgan fingerprint density at radius 3 is 2.60 bits per heavy atom. The second kappa shape index (κ2) is 7.04. The molecule has 2 aromatic heterocycles. The predicted molar refractivity (Wildman–Crippen MR) is 118 cm³/mol. The van der Waals surface area contributed by atoms with Crippen molar-refractivity contribution >= 4 is 38.4 Å². The fraction of sp³-hybridized carbons (Fsp3) is 0.261. The molecule has 154 valence electrons. The Hall–Kier alpha value is -3.03. The summed E-state index contributed by atoms with van der Waals surface area (Å²) in [7, 11) is 5.19. The standard InChI is InChI=1S/C23H22N2O4S/c1-24-16-7-5-4-6-13(16)14-10-20(30-23(14)24)22(27)25-11-15-18(28-2)8-9-19(29-3)21(15)17(26)12-25/h4-10,17,26H,11-12H2,1-3H3. The summed E-state index contributed by atoms with van der Waals surface area (Å²) < 4.78 is 13.0. The second-order valence-corrected chi connectivity index (χ2v) is 8.50. The largest absolute Gasteiger partial charge is 0.496 e. The SMILES string of the molecule is COc1ccc(OC)c2c1CN(C(=O)c1cc3c4ccccc4n(C)c3s1)CC2O. The normalized spacial score (nSPS) is 16.1. The zero-order valence-electron chi connectivity index (χ0n) is 17.0. The third kappa shape index (κ3) is 2.69. The number of aliphatic hydroxyl groups is 1. The lowest BCUT2D eigenvalue weighted by Gasteiger charge is -2.33. The lowest BCUT2D eigenvalue weighted by Crippen LogP contribution is -2.38. The van der Waals surface area contributed by atoms with Gasteiger partial charge in [0.1, 0.15) is 22.4 Å². The fourth-order valence-corrected chi connectivity index (χ4v) is 5.53. The highest BCUT2D eigenvalue weighted by Crippen LogP contribution is 2.41. The Labute approximate surface area is 177 Å². The number of fused-ring (bicyclic) bond motifs is 4. The number of ether oxygens (including phenoxy) is 2. The van der Waals surface area contributed by atoms with Gasteiger partial charge in [0.05, 0.1) is 32.2 Å². The zero-order valence-corrected chi connectivity index (χ0v) is 17.8. The number of aromatic nitrogens is 1. The topological polar surface area (TPSA) is 63.9 Å². The quantitative estimate of drug-likeness (QED) is 0.540. The van der Waals surface area contributed by atoms with Crippen LogP contribution in [0.15, 0.2) is 42.5 Å². The molecule has 3 heterocycles. The van der Waals surface area contributed by atoms with Gasteiger partial charge < -0.3 is 24.0 Å². The summed E-state index contributed by atoms with van der Waals surface area (Å²) >= 11 is 1.49. The number of amides is 1. The number of β-amino-alcohol motifs (C(OH)–C–C–N with tert-alkyl or cyclic N) is 1. The van der Waals surface area contributed by atoms with E-state index in [0.717, 1.165) is 26.7 Å². The highest BCUT2D eigenvalue weighted by atomic mass is 32.1. The van der Waals surface area contributed by atoms with E-state index in [1.54, 1.807) is 25.2 Å². The molecule has 30 heavy (non-hydrogen) atoms. The Morgan fingerprint density at radius 2 is 1.83 bits per heavy atom. The van der Waals surface area contributed by atoms with E-state index in [4.69, 9.17) is 9.47 Å². The first-order valence-corrected chi connectivity index (χ1v) is 10.5. The molecule has 1 N–H and O–H groups in total. The summed E-state index contributed by atoms with van der Waals surface area (Å²) in [6.07, 6.45) is -0.835. The number of benzene rings is 2. The number of para-hydroxylation sites is 1. The van der Waals surface area contributed by atoms with Crippen LogP contribution in [-0.2, 0) is 13.6 Å². The average molecular weight is 423 g/mol. The minimum Gasteiger partial charge on any atom is -0.496 e. The van der Waals surface area contributed by atoms with Crippen LogP contribution in [0.3, 0.4) is 0 Å². The maximum atomic E-state index is 13.4. The third-order valence-electron chi connectivity index (χ3n) is 5.86. The summed E-state index contributed by atoms with van der Waals surface area (Å²) in [6.45, 7) is 0.574. The van der Waals surface area contributed by atoms with Crippen molar-refractivity contribution in [2.75, 3.05) is 20.8 Å². The number of aliphatic hydroxyl groups excluding tert-OH is 1. The summed E-state index contributed by atoms with van der Waals surface area (Å²) in [6, 6.07) is 13.8. The molecule has 1 aliphatic heterocycles. The van der Waals surface area contributed by atoms with Crippen LogP contribution >= 0.6 is 11.3 Å². The predicted octanol–water partition coefficient (Wildman–Crippen LogP) is 4.10. The fourth-order valence-electron chi connectivity index (χ4n) is 4.42. The van der Waals surface area contributed by atoms with Crippen molar-refractivity contribution in [3.05, 3.63) is 58.5 Å². The van der Waals surface area contributed by atoms with Crippen molar-refractivity contribution in [1.82, 2.24) is 9.47 Å². The molecule has 0 saturated heterocycles. The van der Waals surface area contributed by atoms with E-state index in [1.165, 1.54) is 11.3 Å². The maximum Gasteiger partial charge on any atom is 0.264 e. The van der Waals surface area contributed by atoms with Gasteiger partial charge in [0.2, 0.25) is 0 Å². The van der Waals surface area contributed by atoms with Gasteiger partial charge in [-0.25, -0.2) is 0 Å². The van der Waals surface area contributed by atoms with Gasteiger partial charge in [0.15, 0.2) is 0 Å². The summed E-state index contributed by atoms with van der Waals surface area (Å²) in [5, 5.41) is 13.0. The minimum atomic E-state index is -0.835. The van der Waals surface area contributed by atoms with Crippen molar-refractivity contribution in [1.29, 1.82) is 0 Å². The maximum absolute atomic E-state index is 13.4. The van der Waals surface area contributed by atoms with Gasteiger partial charge in [0.25, 0.3) is 5.91 Å². The first-order chi connectivity index (χ1) is 14.5. The first kappa shape index (κ1) is 19.0. The van der Waals surface area contributed by atoms with Crippen molar-refractivity contribution in [3.8, 4) is 11.5 Å². The van der Waals surface area contributed by atoms with Crippen LogP contribution in [-0.4, -0.2) is 41.2 Å². The Morgan fingerprint density at radius 1 is 1.10 bits per heavy atom. The molecule has 4 aromatic rings. The molecule has 0 aliphatic carbocycles. The first-order valence-electron chi connectivity index (χ1n) is 9.71. The molecule has 0 saturated carbocycles. The van der Waals surface area contributed by atoms with Crippen molar-refractivity contribution in [2.45, 2.75) is 12.6 Å². The van der Waals surface area contributed by atoms with Gasteiger partial charge in [-0.3, -0.25) is 4.79 Å². The third-order valence-corrected chi connectivity index (χ3v) is 7.06. The monoisotopic (exact) mass is 422 g/mol. The van der Waals surface area contributed by atoms with Crippen LogP contribution in [0.25, 0.3) is 21.1 Å². The van der Waals surface area contributed by atoms with E-state index in [2.05, 4.69) is 16.7 Å². The zero-order chi connectivity index (χ0) is 21.0. The molecule has 0 radical (unpaired) electrons. The highest BCUT2D eigenvalue weighted by Gasteiger charge is 2.33. The molecular formula is C23H22N2O4S. The van der Waals surface area contributed by atoms with Crippen LogP contribution in [0.2, 0.25) is 0 Å². The van der Waals surface area contributed by atoms with Crippen LogP contribution in [0, 0.1) is 0 Å². The van der Waals surface area contributed by atoms with Crippen LogP contribution in [0.1, 0.15) is 26.9 Å². The van der Waals surface area contributed by atoms with E-state index in [1.807, 2.05) is 31.3 Å². The molecule has 7 heteroatoms. The molecule has 1 amide bonds. The van der Waals surface area contributed by atoms with E-state index in [9.17, 15) is 9.90 Å². The van der Waals surface area contributed by atoms with Crippen molar-refractivity contribution < 1.29 is 19.4 Å². The molecule has 1 unspecified atom stereocenters. The number of rotatable bonds is 3. The summed E-state index contributed by atoms with van der Waals surface area (Å²) in [4.78, 5) is 16.8. The lowest BCUT2D eigenvalue weighted by molar-refractivity contribution is 0.0543. The van der Waals surface area contributed by atoms with E-state index in [-0.39, 0.29) is 12.5 Å². The Balaban J connectivity index is 1.54. The number of aryl methyl sites for hydroxylation is 1. The molecule has 0 fully saturated rings. The molecule has 6 nitrogen and oxygen atoms in total. The minimum absolute atomic E-state index is 0.0881. The number of carbonyl (C=O) groups is 1. The number of carbonyl (C=O) groups excluding carboxylic acids is 1. The van der Waals surface area contributed by atoms with Gasteiger partial charge in [-0.2, -0.15) is 0 Å². The van der Waals surface area contributed by atoms with Gasteiger partial charge >= 0.3 is 0 Å². The number of methoxy groups -OCH3 is 2. The van der Waals surface area contributed by atoms with Gasteiger partial charge in [-0.1, -0.05) is 18.2 Å².